The molecule has 0 saturated carbocycles. The Bertz CT molecular complexity index is 4520. The number of rotatable bonds is 41. The average molecular weight is 2080 g/mol. The highest BCUT2D eigenvalue weighted by atomic mass is 16.8. The second kappa shape index (κ2) is 54.6. The SMILES string of the molecule is CC(=O)OC[C@H]1O[C@H](O)[C@H](OC(C)=O)[C@@H](OC(C)=O)[C@@H]1O[C@H]1O[C@H](COC(C)=O)[C@@H](O[C@H]2O[C@H](COC(C)=O)[C@@H](O[C@H]3O[C@H](COC(C)=O)[C@@H](O[C@H]4O[C@H](COC(C)=O)[C@@H](O[C@H]5O[C@H](COC(C)=O)[C@@H](O[C@H]6O[C@H](COC(C)=O)[C@@H](OC(C)=O)[C@H](OC(C)=O)[C@H]6OC(C)=O)[C@H](OC(C)=O)[C@H]5OC(C)=O)[C@H](OC(C)=O)[C@H]4OC(C)=O)[C@H](OC(C)=O)[C@H]3OC(C)=O)[C@@H](OC(C)=O)[C@H]2OC(C)=O)[C@H](OC(C)=O)[C@H]1OC(C)=O. The predicted molar refractivity (Wildman–Crippen MR) is 442 cm³/mol. The van der Waals surface area contributed by atoms with Crippen molar-refractivity contribution in [3.05, 3.63) is 0 Å². The number of hydrogen-bond acceptors (Lipinski definition) is 58. The number of ether oxygens (including phenoxy) is 35. The first-order valence-electron chi connectivity index (χ1n) is 44.1. The molecule has 35 atom stereocenters. The summed E-state index contributed by atoms with van der Waals surface area (Å²) in [5, 5.41) is 11.2. The van der Waals surface area contributed by atoms with Gasteiger partial charge >= 0.3 is 131 Å². The highest BCUT2D eigenvalue weighted by Crippen LogP contribution is 2.44. The van der Waals surface area contributed by atoms with Crippen LogP contribution in [0.4, 0.5) is 0 Å². The topological polar surface area (TPSA) is 719 Å². The fourth-order valence-electron chi connectivity index (χ4n) is 15.9. The molecule has 0 spiro atoms. The average Bonchev–Trinajstić information content (AvgIpc) is 0.753. The second-order valence-electron chi connectivity index (χ2n) is 32.7. The van der Waals surface area contributed by atoms with Gasteiger partial charge in [-0.25, -0.2) is 0 Å². The van der Waals surface area contributed by atoms with Gasteiger partial charge in [0, 0.05) is 152 Å². The highest BCUT2D eigenvalue weighted by molar-refractivity contribution is 5.74. The largest absolute Gasteiger partial charge is 0.463 e. The summed E-state index contributed by atoms with van der Waals surface area (Å²) in [6.45, 7) is 11.6. The van der Waals surface area contributed by atoms with Crippen molar-refractivity contribution in [1.82, 2.24) is 0 Å². The lowest BCUT2D eigenvalue weighted by Crippen LogP contribution is -2.70. The molecule has 0 unspecified atom stereocenters. The van der Waals surface area contributed by atoms with E-state index in [0.717, 1.165) is 152 Å². The van der Waals surface area contributed by atoms with Crippen LogP contribution in [0.3, 0.4) is 0 Å². The first kappa shape index (κ1) is 119. The van der Waals surface area contributed by atoms with Crippen molar-refractivity contribution < 1.29 is 276 Å². The summed E-state index contributed by atoms with van der Waals surface area (Å²) >= 11 is 0. The molecule has 808 valence electrons. The number of aliphatic hydroxyl groups excluding tert-OH is 1. The van der Waals surface area contributed by atoms with Crippen LogP contribution in [0.2, 0.25) is 0 Å². The third-order valence-corrected chi connectivity index (χ3v) is 20.6. The molecule has 58 heteroatoms. The van der Waals surface area contributed by atoms with Gasteiger partial charge in [-0.05, 0) is 0 Å². The Morgan fingerprint density at radius 3 is 0.403 bits per heavy atom. The van der Waals surface area contributed by atoms with Gasteiger partial charge in [-0.2, -0.15) is 0 Å². The Morgan fingerprint density at radius 1 is 0.146 bits per heavy atom. The quantitative estimate of drug-likeness (QED) is 0.0454. The normalized spacial score (nSPS) is 33.3. The van der Waals surface area contributed by atoms with E-state index in [2.05, 4.69) is 0 Å². The maximum absolute atomic E-state index is 14.0. The molecule has 0 aromatic rings. The summed E-state index contributed by atoms with van der Waals surface area (Å²) in [5.41, 5.74) is 0. The van der Waals surface area contributed by atoms with Gasteiger partial charge in [-0.3, -0.25) is 105 Å². The molecule has 7 fully saturated rings. The smallest absolute Gasteiger partial charge is 0.303 e. The summed E-state index contributed by atoms with van der Waals surface area (Å²) in [6, 6.07) is 0. The van der Waals surface area contributed by atoms with Crippen molar-refractivity contribution >= 4 is 131 Å². The van der Waals surface area contributed by atoms with Crippen molar-refractivity contribution in [2.45, 2.75) is 367 Å². The molecular formula is C86H116O58. The van der Waals surface area contributed by atoms with E-state index in [0.29, 0.717) is 0 Å². The van der Waals surface area contributed by atoms with Gasteiger partial charge in [0.05, 0.1) is 0 Å². The summed E-state index contributed by atoms with van der Waals surface area (Å²) in [5.74, 6) is -25.9. The zero-order chi connectivity index (χ0) is 108. The van der Waals surface area contributed by atoms with Crippen molar-refractivity contribution in [1.29, 1.82) is 0 Å². The molecule has 7 saturated heterocycles. The van der Waals surface area contributed by atoms with Crippen LogP contribution >= 0.6 is 0 Å². The Kier molecular flexibility index (Phi) is 45.1. The molecule has 7 aliphatic rings. The zero-order valence-electron chi connectivity index (χ0n) is 81.9. The van der Waals surface area contributed by atoms with Crippen LogP contribution < -0.4 is 0 Å². The minimum absolute atomic E-state index is 0.775. The van der Waals surface area contributed by atoms with Crippen LogP contribution in [0.5, 0.6) is 0 Å². The molecule has 7 heterocycles. The van der Waals surface area contributed by atoms with Gasteiger partial charge in [0.25, 0.3) is 0 Å². The molecule has 0 bridgehead atoms. The van der Waals surface area contributed by atoms with Crippen LogP contribution in [-0.2, 0) is 271 Å². The lowest BCUT2D eigenvalue weighted by Gasteiger charge is -2.52. The van der Waals surface area contributed by atoms with Crippen LogP contribution in [0.15, 0.2) is 0 Å². The van der Waals surface area contributed by atoms with Crippen molar-refractivity contribution in [2.75, 3.05) is 46.2 Å². The van der Waals surface area contributed by atoms with Crippen molar-refractivity contribution in [2.24, 2.45) is 0 Å². The standard InChI is InChI=1S/C86H116O58/c1-30(87)110-23-52-60(66(118-38(9)95)73(80(109)132-52)125-45(16)102)139-82-75(127-47(18)104)68(120-40(11)97)62(54(134-82)25-112-32(3)89)141-84-77(129-49(20)106)70(122-42(13)99)64(56(136-84)27-114-34(5)91)143-86-79(131-51(22)108)72(124-44(15)101)65(58(138-86)29-116-36(7)93)144-85-78(130-50(21)107)71(123-43(14)100)63(57(137-85)28-115-35(6)92)142-83-76(128-48(19)105)69(121-41(12)98)61(55(135-83)26-113-33(4)90)140-81-74(126-46(17)103)67(119-39(10)96)59(117-37(8)94)53(133-81)24-111-31(2)88/h52-86,109H,23-29H2,1-22H3/t52-,53-,54-,55-,56-,57-,58-,59-,60-,61-,62-,63-,64-,65-,66+,67+,68+,69+,70-,71+,72+,73-,74-,75-,76-,77-,78-,79-,80+,81-,82-,83-,84-,85-,86-/m1/s1. The number of carbonyl (C=O) groups excluding carboxylic acids is 22. The number of aliphatic hydroxyl groups is 1. The van der Waals surface area contributed by atoms with Crippen molar-refractivity contribution in [3.63, 3.8) is 0 Å². The third-order valence-electron chi connectivity index (χ3n) is 20.6. The van der Waals surface area contributed by atoms with E-state index in [1.54, 1.807) is 0 Å². The minimum atomic E-state index is -2.50. The van der Waals surface area contributed by atoms with E-state index >= 15 is 0 Å². The Labute approximate surface area is 818 Å². The summed E-state index contributed by atoms with van der Waals surface area (Å²) < 4.78 is 208. The van der Waals surface area contributed by atoms with Gasteiger partial charge in [0.15, 0.2) is 136 Å². The van der Waals surface area contributed by atoms with E-state index in [1.807, 2.05) is 0 Å². The maximum Gasteiger partial charge on any atom is 0.303 e. The van der Waals surface area contributed by atoms with Crippen LogP contribution in [0, 0.1) is 0 Å². The van der Waals surface area contributed by atoms with Gasteiger partial charge in [0.1, 0.15) is 126 Å². The monoisotopic (exact) mass is 2080 g/mol. The molecule has 7 rings (SSSR count). The summed E-state index contributed by atoms with van der Waals surface area (Å²) in [6.07, 6.45) is -76.9. The number of carbonyl (C=O) groups is 22. The van der Waals surface area contributed by atoms with Crippen LogP contribution in [0.1, 0.15) is 152 Å². The molecule has 0 aromatic carbocycles. The Balaban J connectivity index is 1.39. The molecule has 144 heavy (non-hydrogen) atoms. The molecule has 7 aliphatic heterocycles. The third kappa shape index (κ3) is 35.3. The van der Waals surface area contributed by atoms with E-state index in [9.17, 15) is 111 Å². The highest BCUT2D eigenvalue weighted by Gasteiger charge is 2.66. The van der Waals surface area contributed by atoms with E-state index in [1.165, 1.54) is 0 Å². The first-order valence-corrected chi connectivity index (χ1v) is 44.1. The molecule has 1 N–H and O–H groups in total. The first-order chi connectivity index (χ1) is 67.4. The number of hydrogen-bond donors (Lipinski definition) is 1. The second-order valence-corrected chi connectivity index (χ2v) is 32.7. The van der Waals surface area contributed by atoms with Crippen LogP contribution in [-0.4, -0.2) is 398 Å². The fraction of sp³-hybridized carbons (Fsp3) is 0.744. The molecule has 0 amide bonds. The lowest BCUT2D eigenvalue weighted by molar-refractivity contribution is -0.398. The van der Waals surface area contributed by atoms with Gasteiger partial charge in [-0.1, -0.05) is 0 Å². The minimum Gasteiger partial charge on any atom is -0.463 e. The fourth-order valence-corrected chi connectivity index (χ4v) is 15.9. The molecule has 58 nitrogen and oxygen atoms in total. The molecule has 0 radical (unpaired) electrons. The van der Waals surface area contributed by atoms with E-state index in [-0.39, 0.29) is 0 Å². The van der Waals surface area contributed by atoms with Crippen molar-refractivity contribution in [3.8, 4) is 0 Å². The van der Waals surface area contributed by atoms with Gasteiger partial charge in [0.2, 0.25) is 0 Å². The van der Waals surface area contributed by atoms with E-state index < -0.39 is 393 Å². The molecule has 0 aromatic heterocycles. The Morgan fingerprint density at radius 2 is 0.257 bits per heavy atom. The van der Waals surface area contributed by atoms with Crippen LogP contribution in [0.25, 0.3) is 0 Å². The van der Waals surface area contributed by atoms with Gasteiger partial charge < -0.3 is 171 Å². The Hall–Kier alpha value is -12.2. The summed E-state index contributed by atoms with van der Waals surface area (Å²) in [4.78, 5) is 292. The maximum atomic E-state index is 14.0. The zero-order valence-corrected chi connectivity index (χ0v) is 81.9. The van der Waals surface area contributed by atoms with E-state index in [4.69, 9.17) is 166 Å². The lowest BCUT2D eigenvalue weighted by atomic mass is 9.94. The van der Waals surface area contributed by atoms with Gasteiger partial charge in [-0.15, -0.1) is 0 Å². The molecule has 0 aliphatic carbocycles. The summed E-state index contributed by atoms with van der Waals surface area (Å²) in [7, 11) is 0. The molecular weight excluding hydrogens is 1960 g/mol. The predicted octanol–water partition coefficient (Wildman–Crippen LogP) is -3.72. The number of esters is 22.